The second-order valence-electron chi connectivity index (χ2n) is 6.35. The quantitative estimate of drug-likeness (QED) is 0.370. The number of rotatable bonds is 6. The van der Waals surface area contributed by atoms with Gasteiger partial charge in [-0.1, -0.05) is 6.92 Å². The summed E-state index contributed by atoms with van der Waals surface area (Å²) in [5.41, 5.74) is -0.0682. The number of hydrogen-bond acceptors (Lipinski definition) is 8. The minimum absolute atomic E-state index is 0.0149. The minimum atomic E-state index is -0.456. The number of benzene rings is 2. The van der Waals surface area contributed by atoms with Crippen LogP contribution in [-0.4, -0.2) is 69.1 Å². The third kappa shape index (κ3) is 3.39. The highest BCUT2D eigenvalue weighted by molar-refractivity contribution is 6.09. The number of fused-ring (bicyclic) bond motifs is 2. The Morgan fingerprint density at radius 1 is 1.07 bits per heavy atom. The summed E-state index contributed by atoms with van der Waals surface area (Å²) in [5.74, 6) is -1.50. The number of phenols is 3. The summed E-state index contributed by atoms with van der Waals surface area (Å²) in [6, 6.07) is 3.70. The van der Waals surface area contributed by atoms with Crippen molar-refractivity contribution in [3.8, 4) is 17.2 Å². The molecule has 4 N–H and O–H groups in total. The Hall–Kier alpha value is -3.46. The van der Waals surface area contributed by atoms with E-state index in [0.29, 0.717) is 19.4 Å². The van der Waals surface area contributed by atoms with Crippen LogP contribution in [0.15, 0.2) is 18.2 Å². The largest absolute Gasteiger partial charge is 0.507 e. The van der Waals surface area contributed by atoms with Crippen LogP contribution in [0.4, 0.5) is 0 Å². The monoisotopic (exact) mass is 384 g/mol. The van der Waals surface area contributed by atoms with E-state index >= 15 is 0 Å². The molecule has 0 saturated heterocycles. The Morgan fingerprint density at radius 3 is 2.43 bits per heavy atom. The fourth-order valence-corrected chi connectivity index (χ4v) is 2.80. The summed E-state index contributed by atoms with van der Waals surface area (Å²) in [7, 11) is 1.93. The molecule has 3 aromatic rings. The molecule has 0 radical (unpaired) electrons. The van der Waals surface area contributed by atoms with Crippen LogP contribution in [0.1, 0.15) is 27.6 Å². The molecular weight excluding hydrogens is 364 g/mol. The van der Waals surface area contributed by atoms with E-state index in [0.717, 1.165) is 12.6 Å². The molecule has 28 heavy (non-hydrogen) atoms. The first-order valence-electron chi connectivity index (χ1n) is 8.67. The molecular formula is C19H20N4O5. The van der Waals surface area contributed by atoms with Gasteiger partial charge in [-0.25, -0.2) is 9.97 Å². The number of likely N-dealkylation sites (N-methyl/N-ethyl adjacent to an activating group) is 1. The zero-order valence-electron chi connectivity index (χ0n) is 15.4. The van der Waals surface area contributed by atoms with Gasteiger partial charge in [-0.2, -0.15) is 0 Å². The molecule has 0 atom stereocenters. The first-order chi connectivity index (χ1) is 13.4. The van der Waals surface area contributed by atoms with Crippen LogP contribution in [0.5, 0.6) is 17.2 Å². The lowest BCUT2D eigenvalue weighted by Gasteiger charge is -2.14. The number of hydrogen-bond donors (Lipinski definition) is 4. The number of carbonyl (C=O) groups excluding carboxylic acids is 2. The highest BCUT2D eigenvalue weighted by Crippen LogP contribution is 2.35. The minimum Gasteiger partial charge on any atom is -0.507 e. The lowest BCUT2D eigenvalue weighted by molar-refractivity contribution is 0.0951. The number of aldehydes is 1. The zero-order chi connectivity index (χ0) is 20.4. The molecule has 0 unspecified atom stereocenters. The van der Waals surface area contributed by atoms with E-state index in [9.17, 15) is 24.9 Å². The van der Waals surface area contributed by atoms with Gasteiger partial charge < -0.3 is 25.5 Å². The summed E-state index contributed by atoms with van der Waals surface area (Å²) in [6.45, 7) is 3.94. The fraction of sp³-hybridized carbons (Fsp3) is 0.263. The van der Waals surface area contributed by atoms with Crippen molar-refractivity contribution in [1.82, 2.24) is 20.2 Å². The number of carbonyl (C=O) groups is 2. The Labute approximate surface area is 160 Å². The van der Waals surface area contributed by atoms with Crippen LogP contribution in [-0.2, 0) is 0 Å². The predicted octanol–water partition coefficient (Wildman–Crippen LogP) is 1.39. The van der Waals surface area contributed by atoms with Gasteiger partial charge in [0.05, 0.1) is 11.1 Å². The van der Waals surface area contributed by atoms with Gasteiger partial charge in [0.15, 0.2) is 6.29 Å². The highest BCUT2D eigenvalue weighted by Gasteiger charge is 2.20. The van der Waals surface area contributed by atoms with Gasteiger partial charge >= 0.3 is 0 Å². The zero-order valence-corrected chi connectivity index (χ0v) is 15.4. The molecule has 0 bridgehead atoms. The molecule has 1 amide bonds. The van der Waals surface area contributed by atoms with Crippen molar-refractivity contribution in [3.63, 3.8) is 0 Å². The molecule has 0 aliphatic heterocycles. The van der Waals surface area contributed by atoms with E-state index < -0.39 is 17.4 Å². The number of nitrogens with zero attached hydrogens (tertiary/aromatic N) is 3. The van der Waals surface area contributed by atoms with Gasteiger partial charge in [0.1, 0.15) is 39.3 Å². The fourth-order valence-electron chi connectivity index (χ4n) is 2.80. The summed E-state index contributed by atoms with van der Waals surface area (Å²) < 4.78 is 0. The van der Waals surface area contributed by atoms with Crippen LogP contribution in [0.25, 0.3) is 22.1 Å². The molecule has 3 rings (SSSR count). The number of nitrogens with one attached hydrogen (secondary N) is 1. The van der Waals surface area contributed by atoms with Crippen LogP contribution < -0.4 is 5.32 Å². The molecule has 2 aromatic carbocycles. The summed E-state index contributed by atoms with van der Waals surface area (Å²) in [4.78, 5) is 34.4. The van der Waals surface area contributed by atoms with Crippen LogP contribution in [0.2, 0.25) is 0 Å². The molecule has 0 fully saturated rings. The van der Waals surface area contributed by atoms with Crippen molar-refractivity contribution in [2.24, 2.45) is 0 Å². The molecule has 0 aliphatic rings. The van der Waals surface area contributed by atoms with E-state index in [1.807, 2.05) is 18.9 Å². The van der Waals surface area contributed by atoms with Gasteiger partial charge in [0, 0.05) is 19.2 Å². The van der Waals surface area contributed by atoms with Gasteiger partial charge in [-0.15, -0.1) is 0 Å². The molecule has 0 spiro atoms. The Balaban J connectivity index is 2.13. The second kappa shape index (κ2) is 7.65. The van der Waals surface area contributed by atoms with Crippen molar-refractivity contribution in [3.05, 3.63) is 29.3 Å². The molecule has 146 valence electrons. The van der Waals surface area contributed by atoms with E-state index in [-0.39, 0.29) is 38.9 Å². The number of phenolic OH excluding ortho intramolecular Hbond substituents is 3. The number of aromatic hydroxyl groups is 3. The van der Waals surface area contributed by atoms with E-state index in [2.05, 4.69) is 15.3 Å². The van der Waals surface area contributed by atoms with E-state index in [4.69, 9.17) is 0 Å². The van der Waals surface area contributed by atoms with Crippen molar-refractivity contribution in [1.29, 1.82) is 0 Å². The van der Waals surface area contributed by atoms with Crippen molar-refractivity contribution in [2.75, 3.05) is 26.7 Å². The molecule has 9 nitrogen and oxygen atoms in total. The van der Waals surface area contributed by atoms with Crippen molar-refractivity contribution >= 4 is 34.3 Å². The van der Waals surface area contributed by atoms with E-state index in [1.165, 1.54) is 12.1 Å². The van der Waals surface area contributed by atoms with Crippen LogP contribution in [0.3, 0.4) is 0 Å². The standard InChI is InChI=1S/C19H20N4O5/c1-3-23(2)7-6-20-19(28)10-4-5-12(25)17-15(10)21-18-14(27)8-13(26)11(9-24)16(18)22-17/h4-5,8-9,25-27H,3,6-7H2,1-2H3,(H,20,28). The normalized spacial score (nSPS) is 11.2. The van der Waals surface area contributed by atoms with Gasteiger partial charge in [-0.3, -0.25) is 9.59 Å². The maximum atomic E-state index is 12.6. The maximum absolute atomic E-state index is 12.6. The summed E-state index contributed by atoms with van der Waals surface area (Å²) in [6.07, 6.45) is 0.384. The van der Waals surface area contributed by atoms with E-state index in [1.54, 1.807) is 0 Å². The first-order valence-corrected chi connectivity index (χ1v) is 8.67. The lowest BCUT2D eigenvalue weighted by atomic mass is 10.1. The first kappa shape index (κ1) is 19.3. The number of amides is 1. The molecule has 0 saturated carbocycles. The molecule has 9 heteroatoms. The van der Waals surface area contributed by atoms with Crippen molar-refractivity contribution < 1.29 is 24.9 Å². The smallest absolute Gasteiger partial charge is 0.253 e. The van der Waals surface area contributed by atoms with Crippen molar-refractivity contribution in [2.45, 2.75) is 6.92 Å². The lowest BCUT2D eigenvalue weighted by Crippen LogP contribution is -2.33. The van der Waals surface area contributed by atoms with Gasteiger partial charge in [0.25, 0.3) is 5.91 Å². The highest BCUT2D eigenvalue weighted by atomic mass is 16.3. The number of aromatic nitrogens is 2. The topological polar surface area (TPSA) is 136 Å². The maximum Gasteiger partial charge on any atom is 0.253 e. The Kier molecular flexibility index (Phi) is 5.27. The second-order valence-corrected chi connectivity index (χ2v) is 6.35. The molecule has 1 aromatic heterocycles. The Morgan fingerprint density at radius 2 is 1.75 bits per heavy atom. The van der Waals surface area contributed by atoms with Gasteiger partial charge in [-0.05, 0) is 25.7 Å². The average Bonchev–Trinajstić information content (AvgIpc) is 2.67. The predicted molar refractivity (Wildman–Crippen MR) is 103 cm³/mol. The average molecular weight is 384 g/mol. The molecule has 1 heterocycles. The Bertz CT molecular complexity index is 1080. The van der Waals surface area contributed by atoms with Crippen LogP contribution in [0, 0.1) is 0 Å². The molecule has 0 aliphatic carbocycles. The summed E-state index contributed by atoms with van der Waals surface area (Å²) in [5, 5.41) is 32.9. The van der Waals surface area contributed by atoms with Gasteiger partial charge in [0.2, 0.25) is 0 Å². The summed E-state index contributed by atoms with van der Waals surface area (Å²) >= 11 is 0. The SMILES string of the molecule is CCN(C)CCNC(=O)c1ccc(O)c2nc3c(C=O)c(O)cc(O)c3nc12. The third-order valence-corrected chi connectivity index (χ3v) is 4.53. The third-order valence-electron chi connectivity index (χ3n) is 4.53. The van der Waals surface area contributed by atoms with Crippen LogP contribution >= 0.6 is 0 Å².